The van der Waals surface area contributed by atoms with Crippen molar-refractivity contribution in [3.05, 3.63) is 95.1 Å². The molecule has 42 heavy (non-hydrogen) atoms. The number of nitrogens with zero attached hydrogens (tertiary/aromatic N) is 3. The lowest BCUT2D eigenvalue weighted by atomic mass is 9.94. The van der Waals surface area contributed by atoms with Gasteiger partial charge in [-0.2, -0.15) is 0 Å². The minimum Gasteiger partial charge on any atom is -0.385 e. The van der Waals surface area contributed by atoms with E-state index in [1.165, 1.54) is 24.1 Å². The van der Waals surface area contributed by atoms with E-state index in [0.29, 0.717) is 38.2 Å². The van der Waals surface area contributed by atoms with Gasteiger partial charge in [0.15, 0.2) is 0 Å². The SMILES string of the molecule is CCCCc1ccc(C(=O)N(CCCOC)CC(=O)N(Cc2cccn2Cc2ccc(F)cc2)C2CCCCC2)cc1. The van der Waals surface area contributed by atoms with E-state index in [9.17, 15) is 14.0 Å². The molecule has 0 atom stereocenters. The van der Waals surface area contributed by atoms with Crippen molar-refractivity contribution in [2.24, 2.45) is 0 Å². The van der Waals surface area contributed by atoms with Crippen LogP contribution >= 0.6 is 0 Å². The van der Waals surface area contributed by atoms with Crippen molar-refractivity contribution in [2.75, 3.05) is 26.8 Å². The Labute approximate surface area is 250 Å². The smallest absolute Gasteiger partial charge is 0.254 e. The van der Waals surface area contributed by atoms with Crippen molar-refractivity contribution in [1.82, 2.24) is 14.4 Å². The van der Waals surface area contributed by atoms with Gasteiger partial charge in [-0.25, -0.2) is 4.39 Å². The van der Waals surface area contributed by atoms with Gasteiger partial charge in [0.1, 0.15) is 12.4 Å². The summed E-state index contributed by atoms with van der Waals surface area (Å²) in [5.74, 6) is -0.399. The van der Waals surface area contributed by atoms with Crippen LogP contribution in [-0.4, -0.2) is 59.0 Å². The molecule has 0 radical (unpaired) electrons. The summed E-state index contributed by atoms with van der Waals surface area (Å²) in [5.41, 5.74) is 3.86. The number of ether oxygens (including phenoxy) is 1. The van der Waals surface area contributed by atoms with Crippen LogP contribution in [0.1, 0.15) is 85.5 Å². The molecular weight excluding hydrogens is 529 g/mol. The lowest BCUT2D eigenvalue weighted by Gasteiger charge is -2.36. The number of aryl methyl sites for hydroxylation is 1. The Morgan fingerprint density at radius 1 is 0.952 bits per heavy atom. The number of methoxy groups -OCH3 is 1. The second-order valence-corrected chi connectivity index (χ2v) is 11.4. The summed E-state index contributed by atoms with van der Waals surface area (Å²) < 4.78 is 20.8. The molecule has 7 heteroatoms. The number of aromatic nitrogens is 1. The van der Waals surface area contributed by atoms with Crippen LogP contribution in [-0.2, 0) is 29.0 Å². The van der Waals surface area contributed by atoms with Crippen molar-refractivity contribution < 1.29 is 18.7 Å². The zero-order valence-corrected chi connectivity index (χ0v) is 25.3. The summed E-state index contributed by atoms with van der Waals surface area (Å²) in [6, 6.07) is 18.6. The predicted octanol–water partition coefficient (Wildman–Crippen LogP) is 6.86. The number of carbonyl (C=O) groups is 2. The van der Waals surface area contributed by atoms with Crippen LogP contribution in [0.3, 0.4) is 0 Å². The Hall–Kier alpha value is -3.45. The molecule has 3 aromatic rings. The minimum atomic E-state index is -0.252. The van der Waals surface area contributed by atoms with Crippen molar-refractivity contribution in [3.8, 4) is 0 Å². The summed E-state index contributed by atoms with van der Waals surface area (Å²) in [5, 5.41) is 0. The topological polar surface area (TPSA) is 54.8 Å². The number of hydrogen-bond donors (Lipinski definition) is 0. The van der Waals surface area contributed by atoms with Crippen LogP contribution in [0.2, 0.25) is 0 Å². The number of rotatable bonds is 15. The molecular formula is C35H46FN3O3. The van der Waals surface area contributed by atoms with Gasteiger partial charge in [0.2, 0.25) is 5.91 Å². The quantitative estimate of drug-likeness (QED) is 0.186. The molecule has 4 rings (SSSR count). The highest BCUT2D eigenvalue weighted by molar-refractivity contribution is 5.96. The molecule has 2 aromatic carbocycles. The molecule has 6 nitrogen and oxygen atoms in total. The zero-order chi connectivity index (χ0) is 29.7. The van der Waals surface area contributed by atoms with Gasteiger partial charge in [-0.3, -0.25) is 9.59 Å². The molecule has 0 N–H and O–H groups in total. The van der Waals surface area contributed by atoms with E-state index < -0.39 is 0 Å². The van der Waals surface area contributed by atoms with Gasteiger partial charge in [-0.15, -0.1) is 0 Å². The van der Waals surface area contributed by atoms with Gasteiger partial charge < -0.3 is 19.1 Å². The van der Waals surface area contributed by atoms with Gasteiger partial charge in [0.25, 0.3) is 5.91 Å². The molecule has 226 valence electrons. The van der Waals surface area contributed by atoms with E-state index in [2.05, 4.69) is 11.5 Å². The van der Waals surface area contributed by atoms with Crippen molar-refractivity contribution in [1.29, 1.82) is 0 Å². The summed E-state index contributed by atoms with van der Waals surface area (Å²) in [7, 11) is 1.65. The van der Waals surface area contributed by atoms with E-state index in [0.717, 1.165) is 56.2 Å². The maximum absolute atomic E-state index is 14.1. The fourth-order valence-electron chi connectivity index (χ4n) is 5.81. The summed E-state index contributed by atoms with van der Waals surface area (Å²) >= 11 is 0. The van der Waals surface area contributed by atoms with Gasteiger partial charge in [0, 0.05) is 50.3 Å². The molecule has 1 saturated carbocycles. The zero-order valence-electron chi connectivity index (χ0n) is 25.3. The molecule has 0 saturated heterocycles. The highest BCUT2D eigenvalue weighted by Gasteiger charge is 2.29. The Bertz CT molecular complexity index is 1250. The second kappa shape index (κ2) is 16.3. The van der Waals surface area contributed by atoms with Crippen LogP contribution in [0.5, 0.6) is 0 Å². The maximum Gasteiger partial charge on any atom is 0.254 e. The standard InChI is InChI=1S/C35H46FN3O3/c1-3-4-10-28-14-18-30(19-15-28)35(41)38(23-9-24-42-2)27-34(40)39(32-11-6-5-7-12-32)26-33-13-8-22-37(33)25-29-16-20-31(36)21-17-29/h8,13-22,32H,3-7,9-12,23-27H2,1-2H3. The molecule has 0 spiro atoms. The Morgan fingerprint density at radius 3 is 2.36 bits per heavy atom. The highest BCUT2D eigenvalue weighted by atomic mass is 19.1. The monoisotopic (exact) mass is 575 g/mol. The minimum absolute atomic E-state index is 0.0261. The Morgan fingerprint density at radius 2 is 1.67 bits per heavy atom. The molecule has 1 aliphatic rings. The number of carbonyl (C=O) groups excluding carboxylic acids is 2. The fraction of sp³-hybridized carbons (Fsp3) is 0.486. The van der Waals surface area contributed by atoms with E-state index in [1.54, 1.807) is 24.1 Å². The number of hydrogen-bond acceptors (Lipinski definition) is 3. The predicted molar refractivity (Wildman–Crippen MR) is 165 cm³/mol. The van der Waals surface area contributed by atoms with Gasteiger partial charge >= 0.3 is 0 Å². The lowest BCUT2D eigenvalue weighted by Crippen LogP contribution is -2.48. The van der Waals surface area contributed by atoms with Crippen LogP contribution in [0.25, 0.3) is 0 Å². The van der Waals surface area contributed by atoms with Gasteiger partial charge in [-0.1, -0.05) is 56.9 Å². The number of halogens is 1. The molecule has 0 bridgehead atoms. The molecule has 0 unspecified atom stereocenters. The molecule has 1 aromatic heterocycles. The van der Waals surface area contributed by atoms with Crippen molar-refractivity contribution in [2.45, 2.75) is 83.8 Å². The normalized spacial score (nSPS) is 13.7. The molecule has 1 aliphatic carbocycles. The third-order valence-electron chi connectivity index (χ3n) is 8.27. The number of benzene rings is 2. The third kappa shape index (κ3) is 9.02. The first-order valence-corrected chi connectivity index (χ1v) is 15.5. The van der Waals surface area contributed by atoms with Crippen LogP contribution in [0, 0.1) is 5.82 Å². The maximum atomic E-state index is 14.1. The average molecular weight is 576 g/mol. The van der Waals surface area contributed by atoms with Crippen molar-refractivity contribution >= 4 is 11.8 Å². The van der Waals surface area contributed by atoms with Crippen LogP contribution in [0.4, 0.5) is 4.39 Å². The number of unbranched alkanes of at least 4 members (excludes halogenated alkanes) is 1. The van der Waals surface area contributed by atoms with Crippen molar-refractivity contribution in [3.63, 3.8) is 0 Å². The van der Waals surface area contributed by atoms with Crippen LogP contribution in [0.15, 0.2) is 66.9 Å². The first kappa shape index (κ1) is 31.5. The first-order chi connectivity index (χ1) is 20.5. The largest absolute Gasteiger partial charge is 0.385 e. The number of amides is 2. The molecule has 1 fully saturated rings. The Kier molecular flexibility index (Phi) is 12.2. The highest BCUT2D eigenvalue weighted by Crippen LogP contribution is 2.25. The van der Waals surface area contributed by atoms with Gasteiger partial charge in [-0.05, 0) is 79.6 Å². The second-order valence-electron chi connectivity index (χ2n) is 11.4. The molecule has 1 heterocycles. The average Bonchev–Trinajstić information content (AvgIpc) is 3.46. The van der Waals surface area contributed by atoms with Gasteiger partial charge in [0.05, 0.1) is 6.54 Å². The van der Waals surface area contributed by atoms with E-state index in [1.807, 2.05) is 47.5 Å². The summed E-state index contributed by atoms with van der Waals surface area (Å²) in [4.78, 5) is 31.4. The van der Waals surface area contributed by atoms with Crippen LogP contribution < -0.4 is 0 Å². The third-order valence-corrected chi connectivity index (χ3v) is 8.27. The Balaban J connectivity index is 1.52. The molecule has 0 aliphatic heterocycles. The molecule has 2 amide bonds. The summed E-state index contributed by atoms with van der Waals surface area (Å²) in [6.07, 6.45) is 11.3. The summed E-state index contributed by atoms with van der Waals surface area (Å²) in [6.45, 7) is 4.27. The lowest BCUT2D eigenvalue weighted by molar-refractivity contribution is -0.135. The van der Waals surface area contributed by atoms with E-state index >= 15 is 0 Å². The first-order valence-electron chi connectivity index (χ1n) is 15.5. The van der Waals surface area contributed by atoms with E-state index in [-0.39, 0.29) is 30.2 Å². The van der Waals surface area contributed by atoms with E-state index in [4.69, 9.17) is 4.74 Å². The fourth-order valence-corrected chi connectivity index (χ4v) is 5.81.